The molecule has 3 rings (SSSR count). The Morgan fingerprint density at radius 1 is 0.793 bits per heavy atom. The molecule has 0 amide bonds. The first kappa shape index (κ1) is 22.8. The topological polar surface area (TPSA) is 83.6 Å². The second-order valence-corrected chi connectivity index (χ2v) is 6.82. The second kappa shape index (κ2) is 10.9. The monoisotopic (exact) mass is 445 g/mol. The zero-order valence-electron chi connectivity index (χ0n) is 16.5. The SMILES string of the molecule is COc1ccc(C=N[C@@H]2CCCC[C@H]2N=Cc2ccc(OC)cc2O)c(O)c1.[Cu]. The van der Waals surface area contributed by atoms with Gasteiger partial charge in [-0.15, -0.1) is 0 Å². The average molecular weight is 446 g/mol. The Morgan fingerprint density at radius 2 is 1.21 bits per heavy atom. The molecular formula is C22H26CuN2O4. The Morgan fingerprint density at radius 3 is 1.55 bits per heavy atom. The number of hydrogen-bond donors (Lipinski definition) is 2. The molecule has 0 spiro atoms. The summed E-state index contributed by atoms with van der Waals surface area (Å²) in [5.74, 6) is 1.49. The molecule has 2 N–H and O–H groups in total. The van der Waals surface area contributed by atoms with Crippen LogP contribution in [0.1, 0.15) is 36.8 Å². The number of ether oxygens (including phenoxy) is 2. The van der Waals surface area contributed by atoms with E-state index in [0.29, 0.717) is 22.6 Å². The second-order valence-electron chi connectivity index (χ2n) is 6.82. The van der Waals surface area contributed by atoms with Gasteiger partial charge < -0.3 is 19.7 Å². The quantitative estimate of drug-likeness (QED) is 0.520. The van der Waals surface area contributed by atoms with Gasteiger partial charge in [-0.1, -0.05) is 12.8 Å². The third-order valence-corrected chi connectivity index (χ3v) is 4.98. The molecule has 1 aliphatic carbocycles. The number of methoxy groups -OCH3 is 2. The maximum Gasteiger partial charge on any atom is 0.128 e. The van der Waals surface area contributed by atoms with Crippen LogP contribution in [0.15, 0.2) is 46.4 Å². The van der Waals surface area contributed by atoms with Gasteiger partial charge >= 0.3 is 0 Å². The molecular weight excluding hydrogens is 420 g/mol. The third kappa shape index (κ3) is 5.99. The van der Waals surface area contributed by atoms with Crippen molar-refractivity contribution in [3.8, 4) is 23.0 Å². The number of aliphatic imine (C=N–C) groups is 2. The number of hydrogen-bond acceptors (Lipinski definition) is 6. The molecule has 0 bridgehead atoms. The summed E-state index contributed by atoms with van der Waals surface area (Å²) in [6.45, 7) is 0. The first-order valence-electron chi connectivity index (χ1n) is 9.41. The molecule has 7 heteroatoms. The van der Waals surface area contributed by atoms with Gasteiger partial charge in [0.05, 0.1) is 26.3 Å². The van der Waals surface area contributed by atoms with Crippen molar-refractivity contribution < 1.29 is 36.8 Å². The van der Waals surface area contributed by atoms with Crippen molar-refractivity contribution in [2.75, 3.05) is 14.2 Å². The Kier molecular flexibility index (Phi) is 8.55. The Bertz CT molecular complexity index is 798. The van der Waals surface area contributed by atoms with E-state index in [1.807, 2.05) is 0 Å². The molecule has 29 heavy (non-hydrogen) atoms. The molecule has 1 aliphatic rings. The van der Waals surface area contributed by atoms with Crippen LogP contribution in [0.4, 0.5) is 0 Å². The Balaban J connectivity index is 0.00000300. The van der Waals surface area contributed by atoms with Crippen LogP contribution < -0.4 is 9.47 Å². The van der Waals surface area contributed by atoms with E-state index in [1.165, 1.54) is 0 Å². The van der Waals surface area contributed by atoms with Crippen molar-refractivity contribution in [2.45, 2.75) is 37.8 Å². The molecule has 2 atom stereocenters. The first-order chi connectivity index (χ1) is 13.6. The molecule has 0 unspecified atom stereocenters. The van der Waals surface area contributed by atoms with Crippen molar-refractivity contribution in [3.63, 3.8) is 0 Å². The van der Waals surface area contributed by atoms with Gasteiger partial charge in [-0.2, -0.15) is 0 Å². The zero-order valence-corrected chi connectivity index (χ0v) is 17.5. The van der Waals surface area contributed by atoms with Crippen LogP contribution in [-0.4, -0.2) is 48.9 Å². The van der Waals surface area contributed by atoms with Crippen LogP contribution >= 0.6 is 0 Å². The predicted octanol–water partition coefficient (Wildman–Crippen LogP) is 3.96. The summed E-state index contributed by atoms with van der Waals surface area (Å²) in [7, 11) is 3.13. The van der Waals surface area contributed by atoms with Gasteiger partial charge in [0.15, 0.2) is 0 Å². The van der Waals surface area contributed by atoms with Gasteiger partial charge in [0.1, 0.15) is 23.0 Å². The first-order valence-corrected chi connectivity index (χ1v) is 9.41. The van der Waals surface area contributed by atoms with Crippen molar-refractivity contribution in [1.82, 2.24) is 0 Å². The summed E-state index contributed by atoms with van der Waals surface area (Å²) in [6, 6.07) is 10.4. The summed E-state index contributed by atoms with van der Waals surface area (Å²) in [5, 5.41) is 20.2. The van der Waals surface area contributed by atoms with Crippen LogP contribution in [0.3, 0.4) is 0 Å². The fourth-order valence-corrected chi connectivity index (χ4v) is 3.31. The summed E-state index contributed by atoms with van der Waals surface area (Å²) < 4.78 is 10.2. The normalized spacial score (nSPS) is 19.2. The summed E-state index contributed by atoms with van der Waals surface area (Å²) in [4.78, 5) is 9.38. The van der Waals surface area contributed by atoms with E-state index in [-0.39, 0.29) is 40.7 Å². The van der Waals surface area contributed by atoms with Gasteiger partial charge in [0, 0.05) is 52.8 Å². The van der Waals surface area contributed by atoms with E-state index in [1.54, 1.807) is 63.0 Å². The number of phenolic OH excluding ortho intramolecular Hbond substituents is 2. The third-order valence-electron chi connectivity index (χ3n) is 4.98. The van der Waals surface area contributed by atoms with Crippen molar-refractivity contribution in [1.29, 1.82) is 0 Å². The van der Waals surface area contributed by atoms with E-state index in [0.717, 1.165) is 25.7 Å². The van der Waals surface area contributed by atoms with Crippen molar-refractivity contribution in [3.05, 3.63) is 47.5 Å². The van der Waals surface area contributed by atoms with Gasteiger partial charge in [-0.05, 0) is 37.1 Å². The molecule has 0 saturated heterocycles. The minimum Gasteiger partial charge on any atom is -0.507 e. The average Bonchev–Trinajstić information content (AvgIpc) is 2.72. The zero-order chi connectivity index (χ0) is 19.9. The molecule has 6 nitrogen and oxygen atoms in total. The number of phenols is 2. The van der Waals surface area contributed by atoms with Crippen LogP contribution in [-0.2, 0) is 17.1 Å². The molecule has 0 aliphatic heterocycles. The van der Waals surface area contributed by atoms with Gasteiger partial charge in [-0.3, -0.25) is 9.98 Å². The smallest absolute Gasteiger partial charge is 0.128 e. The molecule has 1 fully saturated rings. The van der Waals surface area contributed by atoms with E-state index in [9.17, 15) is 10.2 Å². The van der Waals surface area contributed by atoms with Crippen LogP contribution in [0.2, 0.25) is 0 Å². The van der Waals surface area contributed by atoms with Gasteiger partial charge in [0.2, 0.25) is 0 Å². The van der Waals surface area contributed by atoms with Crippen molar-refractivity contribution in [2.24, 2.45) is 9.98 Å². The van der Waals surface area contributed by atoms with Gasteiger partial charge in [-0.25, -0.2) is 0 Å². The maximum atomic E-state index is 10.1. The van der Waals surface area contributed by atoms with Crippen LogP contribution in [0, 0.1) is 0 Å². The molecule has 0 aromatic heterocycles. The number of nitrogens with zero attached hydrogens (tertiary/aromatic N) is 2. The van der Waals surface area contributed by atoms with E-state index in [4.69, 9.17) is 19.5 Å². The molecule has 0 heterocycles. The van der Waals surface area contributed by atoms with E-state index < -0.39 is 0 Å². The molecule has 159 valence electrons. The van der Waals surface area contributed by atoms with Crippen LogP contribution in [0.25, 0.3) is 0 Å². The molecule has 2 aromatic carbocycles. The minimum absolute atomic E-state index is 0. The van der Waals surface area contributed by atoms with Crippen molar-refractivity contribution >= 4 is 12.4 Å². The number of benzene rings is 2. The largest absolute Gasteiger partial charge is 0.507 e. The molecule has 1 saturated carbocycles. The molecule has 2 aromatic rings. The summed E-state index contributed by atoms with van der Waals surface area (Å²) >= 11 is 0. The predicted molar refractivity (Wildman–Crippen MR) is 111 cm³/mol. The Labute approximate surface area is 181 Å². The summed E-state index contributed by atoms with van der Waals surface area (Å²) in [6.07, 6.45) is 7.52. The fourth-order valence-electron chi connectivity index (χ4n) is 3.31. The maximum absolute atomic E-state index is 10.1. The number of aromatic hydroxyl groups is 2. The summed E-state index contributed by atoms with van der Waals surface area (Å²) in [5.41, 5.74) is 1.31. The molecule has 1 radical (unpaired) electrons. The Hall–Kier alpha value is -2.50. The minimum atomic E-state index is 0. The van der Waals surface area contributed by atoms with E-state index in [2.05, 4.69) is 0 Å². The standard InChI is InChI=1S/C22H26N2O4.Cu/c1-27-17-9-7-15(21(25)11-17)13-23-19-5-3-4-6-20(19)24-14-16-8-10-18(28-2)12-22(16)26;/h7-14,19-20,25-26H,3-6H2,1-2H3;/t19-,20-;/m1./s1. The van der Waals surface area contributed by atoms with Crippen LogP contribution in [0.5, 0.6) is 23.0 Å². The van der Waals surface area contributed by atoms with E-state index >= 15 is 0 Å². The fraction of sp³-hybridized carbons (Fsp3) is 0.364. The number of rotatable bonds is 6. The van der Waals surface area contributed by atoms with Gasteiger partial charge in [0.25, 0.3) is 0 Å².